The van der Waals surface area contributed by atoms with Crippen molar-refractivity contribution in [3.8, 4) is 0 Å². The highest BCUT2D eigenvalue weighted by molar-refractivity contribution is 6.10. The molecule has 0 aliphatic carbocycles. The van der Waals surface area contributed by atoms with Crippen LogP contribution in [0.3, 0.4) is 0 Å². The molecular formula is C14H13F3N4. The van der Waals surface area contributed by atoms with Gasteiger partial charge in [0.1, 0.15) is 0 Å². The molecule has 0 fully saturated rings. The molecule has 0 amide bonds. The molecule has 7 heteroatoms. The van der Waals surface area contributed by atoms with Gasteiger partial charge in [-0.1, -0.05) is 18.2 Å². The van der Waals surface area contributed by atoms with Crippen molar-refractivity contribution < 1.29 is 13.2 Å². The molecule has 3 N–H and O–H groups in total. The predicted molar refractivity (Wildman–Crippen MR) is 72.8 cm³/mol. The smallest absolute Gasteiger partial charge is 0.398 e. The molecule has 1 aromatic carbocycles. The number of allylic oxidation sites excluding steroid dienone is 1. The van der Waals surface area contributed by atoms with E-state index in [0.29, 0.717) is 11.5 Å². The van der Waals surface area contributed by atoms with Gasteiger partial charge in [0.25, 0.3) is 0 Å². The minimum atomic E-state index is -4.43. The van der Waals surface area contributed by atoms with Crippen molar-refractivity contribution in [3.05, 3.63) is 59.2 Å². The fourth-order valence-corrected chi connectivity index (χ4v) is 2.30. The molecule has 0 spiro atoms. The average Bonchev–Trinajstić information content (AvgIpc) is 2.73. The van der Waals surface area contributed by atoms with Gasteiger partial charge in [0, 0.05) is 11.8 Å². The summed E-state index contributed by atoms with van der Waals surface area (Å²) < 4.78 is 39.2. The van der Waals surface area contributed by atoms with Gasteiger partial charge in [0.2, 0.25) is 0 Å². The van der Waals surface area contributed by atoms with E-state index >= 15 is 0 Å². The lowest BCUT2D eigenvalue weighted by molar-refractivity contribution is -0.137. The molecule has 3 rings (SSSR count). The van der Waals surface area contributed by atoms with E-state index in [1.807, 2.05) is 6.92 Å². The van der Waals surface area contributed by atoms with Crippen LogP contribution < -0.4 is 11.2 Å². The Morgan fingerprint density at radius 2 is 2.00 bits per heavy atom. The van der Waals surface area contributed by atoms with Crippen LogP contribution in [0.5, 0.6) is 0 Å². The number of nitrogens with one attached hydrogen (secondary N) is 1. The molecule has 4 nitrogen and oxygen atoms in total. The Morgan fingerprint density at radius 1 is 1.29 bits per heavy atom. The molecule has 21 heavy (non-hydrogen) atoms. The maximum atomic E-state index is 13.1. The second-order valence-corrected chi connectivity index (χ2v) is 4.86. The topological polar surface area (TPSA) is 53.6 Å². The Balaban J connectivity index is 2.09. The van der Waals surface area contributed by atoms with Crippen LogP contribution in [0, 0.1) is 0 Å². The van der Waals surface area contributed by atoms with E-state index in [-0.39, 0.29) is 17.3 Å². The van der Waals surface area contributed by atoms with Crippen molar-refractivity contribution in [2.45, 2.75) is 19.1 Å². The molecule has 2 aliphatic rings. The molecule has 0 radical (unpaired) electrons. The zero-order chi connectivity index (χ0) is 15.2. The molecule has 1 aromatic rings. The van der Waals surface area contributed by atoms with E-state index in [2.05, 4.69) is 10.4 Å². The maximum Gasteiger partial charge on any atom is 0.417 e. The Hall–Kier alpha value is -2.28. The lowest BCUT2D eigenvalue weighted by Crippen LogP contribution is -2.33. The van der Waals surface area contributed by atoms with Crippen molar-refractivity contribution in [2.75, 3.05) is 0 Å². The number of aliphatic imine (C=N–C) groups is 1. The molecule has 0 saturated heterocycles. The van der Waals surface area contributed by atoms with Gasteiger partial charge < -0.3 is 5.73 Å². The largest absolute Gasteiger partial charge is 0.417 e. The number of nitrogens with zero attached hydrogens (tertiary/aromatic N) is 2. The third-order valence-corrected chi connectivity index (χ3v) is 3.40. The Labute approximate surface area is 119 Å². The number of fused-ring (bicyclic) bond motifs is 1. The van der Waals surface area contributed by atoms with Gasteiger partial charge in [-0.3, -0.25) is 5.01 Å². The molecule has 1 unspecified atom stereocenters. The zero-order valence-corrected chi connectivity index (χ0v) is 11.1. The van der Waals surface area contributed by atoms with Gasteiger partial charge in [-0.05, 0) is 19.1 Å². The van der Waals surface area contributed by atoms with E-state index in [4.69, 9.17) is 5.73 Å². The number of benzene rings is 1. The van der Waals surface area contributed by atoms with Gasteiger partial charge in [-0.15, -0.1) is 0 Å². The van der Waals surface area contributed by atoms with E-state index < -0.39 is 11.7 Å². The Morgan fingerprint density at radius 3 is 2.71 bits per heavy atom. The van der Waals surface area contributed by atoms with E-state index in [1.54, 1.807) is 17.3 Å². The summed E-state index contributed by atoms with van der Waals surface area (Å²) in [6.07, 6.45) is -1.27. The second-order valence-electron chi connectivity index (χ2n) is 4.86. The van der Waals surface area contributed by atoms with Crippen molar-refractivity contribution in [2.24, 2.45) is 10.7 Å². The number of hydrogen-bond acceptors (Lipinski definition) is 4. The number of hydrazine groups is 1. The first-order valence-electron chi connectivity index (χ1n) is 6.36. The summed E-state index contributed by atoms with van der Waals surface area (Å²) in [4.78, 5) is 4.27. The van der Waals surface area contributed by atoms with Crippen LogP contribution in [-0.4, -0.2) is 16.8 Å². The van der Waals surface area contributed by atoms with Crippen LogP contribution in [0.1, 0.15) is 18.1 Å². The maximum absolute atomic E-state index is 13.1. The van der Waals surface area contributed by atoms with Crippen LogP contribution >= 0.6 is 0 Å². The summed E-state index contributed by atoms with van der Waals surface area (Å²) in [7, 11) is 0. The molecule has 2 heterocycles. The summed E-state index contributed by atoms with van der Waals surface area (Å²) in [5.41, 5.74) is 9.03. The van der Waals surface area contributed by atoms with Gasteiger partial charge in [-0.25, -0.2) is 10.4 Å². The van der Waals surface area contributed by atoms with Crippen LogP contribution in [0.4, 0.5) is 13.2 Å². The highest BCUT2D eigenvalue weighted by Crippen LogP contribution is 2.33. The SMILES string of the molecule is CC1NN2C=CC(c3ccccc3C(F)(F)F)=NC2=C1N. The monoisotopic (exact) mass is 294 g/mol. The highest BCUT2D eigenvalue weighted by atomic mass is 19.4. The van der Waals surface area contributed by atoms with Crippen molar-refractivity contribution in [1.29, 1.82) is 0 Å². The normalized spacial score (nSPS) is 21.6. The standard InChI is InChI=1S/C14H13F3N4/c1-8-12(18)13-19-11(6-7-21(13)20-8)9-4-2-3-5-10(9)14(15,16)17/h2-8,20H,18H2,1H3. The number of alkyl halides is 3. The van der Waals surface area contributed by atoms with Crippen LogP contribution in [0.25, 0.3) is 0 Å². The highest BCUT2D eigenvalue weighted by Gasteiger charge is 2.35. The summed E-state index contributed by atoms with van der Waals surface area (Å²) in [6, 6.07) is 5.26. The fourth-order valence-electron chi connectivity index (χ4n) is 2.30. The summed E-state index contributed by atoms with van der Waals surface area (Å²) in [5.74, 6) is 0.442. The number of rotatable bonds is 1. The number of nitrogens with two attached hydrogens (primary N) is 1. The molecule has 110 valence electrons. The van der Waals surface area contributed by atoms with E-state index in [1.165, 1.54) is 18.2 Å². The zero-order valence-electron chi connectivity index (χ0n) is 11.1. The van der Waals surface area contributed by atoms with Gasteiger partial charge in [0.05, 0.1) is 23.0 Å². The van der Waals surface area contributed by atoms with E-state index in [0.717, 1.165) is 6.07 Å². The molecule has 2 aliphatic heterocycles. The van der Waals surface area contributed by atoms with Gasteiger partial charge >= 0.3 is 6.18 Å². The lowest BCUT2D eigenvalue weighted by atomic mass is 10.0. The minimum Gasteiger partial charge on any atom is -0.398 e. The number of halogens is 3. The first-order valence-corrected chi connectivity index (χ1v) is 6.36. The van der Waals surface area contributed by atoms with Crippen molar-refractivity contribution >= 4 is 5.71 Å². The van der Waals surface area contributed by atoms with Crippen LogP contribution in [-0.2, 0) is 6.18 Å². The summed E-state index contributed by atoms with van der Waals surface area (Å²) in [6.45, 7) is 1.85. The Bertz CT molecular complexity index is 673. The average molecular weight is 294 g/mol. The minimum absolute atomic E-state index is 0.0424. The third kappa shape index (κ3) is 2.29. The van der Waals surface area contributed by atoms with Crippen LogP contribution in [0.15, 0.2) is 53.1 Å². The second kappa shape index (κ2) is 4.63. The molecule has 1 atom stereocenters. The molecular weight excluding hydrogens is 281 g/mol. The summed E-state index contributed by atoms with van der Waals surface area (Å²) >= 11 is 0. The van der Waals surface area contributed by atoms with Crippen molar-refractivity contribution in [3.63, 3.8) is 0 Å². The Kier molecular flexibility index (Phi) is 3.02. The first kappa shape index (κ1) is 13.7. The summed E-state index contributed by atoms with van der Waals surface area (Å²) in [5, 5.41) is 1.61. The lowest BCUT2D eigenvalue weighted by Gasteiger charge is -2.21. The van der Waals surface area contributed by atoms with Crippen molar-refractivity contribution in [1.82, 2.24) is 10.4 Å². The third-order valence-electron chi connectivity index (χ3n) is 3.40. The van der Waals surface area contributed by atoms with Gasteiger partial charge in [-0.2, -0.15) is 13.2 Å². The first-order chi connectivity index (χ1) is 9.88. The molecule has 0 bridgehead atoms. The molecule has 0 saturated carbocycles. The number of hydrogen-bond donors (Lipinski definition) is 2. The predicted octanol–water partition coefficient (Wildman–Crippen LogP) is 2.36. The van der Waals surface area contributed by atoms with Gasteiger partial charge in [0.15, 0.2) is 5.82 Å². The quantitative estimate of drug-likeness (QED) is 0.836. The molecule has 0 aromatic heterocycles. The fraction of sp³-hybridized carbons (Fsp3) is 0.214. The van der Waals surface area contributed by atoms with E-state index in [9.17, 15) is 13.2 Å². The van der Waals surface area contributed by atoms with Crippen LogP contribution in [0.2, 0.25) is 0 Å².